The van der Waals surface area contributed by atoms with Gasteiger partial charge in [-0.1, -0.05) is 26.0 Å². The molecule has 0 fully saturated rings. The fourth-order valence-electron chi connectivity index (χ4n) is 1.16. The Bertz CT molecular complexity index is 352. The predicted molar refractivity (Wildman–Crippen MR) is 58.9 cm³/mol. The Labute approximate surface area is 92.5 Å². The number of rotatable bonds is 4. The Morgan fingerprint density at radius 1 is 1.47 bits per heavy atom. The molecule has 1 atom stereocenters. The van der Waals surface area contributed by atoms with Gasteiger partial charge in [0.1, 0.15) is 0 Å². The fourth-order valence-corrected chi connectivity index (χ4v) is 2.07. The molecular formula is C11H13FO2S. The second-order valence-corrected chi connectivity index (χ2v) is 5.09. The first-order valence-corrected chi connectivity index (χ1v) is 5.52. The lowest BCUT2D eigenvalue weighted by atomic mass is 10.1. The zero-order valence-corrected chi connectivity index (χ0v) is 9.42. The minimum Gasteiger partial charge on any atom is -0.479 e. The standard InChI is InChI=1S/C11H13FO2S/c1-7(2)15-9-5-3-4-8(6-9)10(12)11(13)14/h3-7,10H,1-2H3,(H,13,14). The summed E-state index contributed by atoms with van der Waals surface area (Å²) in [5.74, 6) is -1.44. The van der Waals surface area contributed by atoms with Crippen molar-refractivity contribution in [2.75, 3.05) is 0 Å². The Morgan fingerprint density at radius 2 is 2.13 bits per heavy atom. The molecule has 2 nitrogen and oxygen atoms in total. The van der Waals surface area contributed by atoms with Gasteiger partial charge in [0.2, 0.25) is 6.17 Å². The van der Waals surface area contributed by atoms with E-state index in [2.05, 4.69) is 0 Å². The maximum absolute atomic E-state index is 13.2. The van der Waals surface area contributed by atoms with E-state index in [4.69, 9.17) is 5.11 Å². The van der Waals surface area contributed by atoms with Crippen molar-refractivity contribution in [3.8, 4) is 0 Å². The summed E-state index contributed by atoms with van der Waals surface area (Å²) >= 11 is 1.58. The second-order valence-electron chi connectivity index (χ2n) is 3.44. The summed E-state index contributed by atoms with van der Waals surface area (Å²) < 4.78 is 13.2. The largest absolute Gasteiger partial charge is 0.479 e. The summed E-state index contributed by atoms with van der Waals surface area (Å²) in [5, 5.41) is 8.92. The predicted octanol–water partition coefficient (Wildman–Crippen LogP) is 3.28. The van der Waals surface area contributed by atoms with E-state index in [1.807, 2.05) is 19.9 Å². The van der Waals surface area contributed by atoms with E-state index >= 15 is 0 Å². The number of carboxylic acids is 1. The molecule has 1 unspecified atom stereocenters. The van der Waals surface area contributed by atoms with Crippen LogP contribution in [0.5, 0.6) is 0 Å². The van der Waals surface area contributed by atoms with Crippen molar-refractivity contribution in [1.82, 2.24) is 0 Å². The minimum absolute atomic E-state index is 0.202. The summed E-state index contributed by atoms with van der Waals surface area (Å²) in [7, 11) is 0. The molecular weight excluding hydrogens is 215 g/mol. The molecule has 4 heteroatoms. The van der Waals surface area contributed by atoms with E-state index < -0.39 is 12.1 Å². The van der Waals surface area contributed by atoms with Crippen LogP contribution in [0.2, 0.25) is 0 Å². The van der Waals surface area contributed by atoms with Crippen molar-refractivity contribution in [1.29, 1.82) is 0 Å². The lowest BCUT2D eigenvalue weighted by molar-refractivity contribution is -0.143. The van der Waals surface area contributed by atoms with Crippen LogP contribution in [0, 0.1) is 0 Å². The first kappa shape index (κ1) is 12.0. The number of aliphatic carboxylic acids is 1. The van der Waals surface area contributed by atoms with Gasteiger partial charge in [-0.05, 0) is 17.7 Å². The molecule has 0 heterocycles. The van der Waals surface area contributed by atoms with Gasteiger partial charge in [0.05, 0.1) is 0 Å². The first-order chi connectivity index (χ1) is 7.00. The molecule has 0 radical (unpaired) electrons. The normalized spacial score (nSPS) is 12.8. The van der Waals surface area contributed by atoms with Crippen LogP contribution in [0.25, 0.3) is 0 Å². The number of benzene rings is 1. The van der Waals surface area contributed by atoms with Crippen LogP contribution in [0.15, 0.2) is 29.2 Å². The van der Waals surface area contributed by atoms with E-state index in [1.165, 1.54) is 6.07 Å². The molecule has 1 aromatic carbocycles. The van der Waals surface area contributed by atoms with Crippen LogP contribution >= 0.6 is 11.8 Å². The number of hydrogen-bond acceptors (Lipinski definition) is 2. The minimum atomic E-state index is -1.93. The molecule has 0 spiro atoms. The van der Waals surface area contributed by atoms with Crippen molar-refractivity contribution in [3.63, 3.8) is 0 Å². The van der Waals surface area contributed by atoms with E-state index in [1.54, 1.807) is 23.9 Å². The molecule has 15 heavy (non-hydrogen) atoms. The fraction of sp³-hybridized carbons (Fsp3) is 0.364. The molecule has 1 aromatic rings. The lowest BCUT2D eigenvalue weighted by Gasteiger charge is -2.08. The van der Waals surface area contributed by atoms with Gasteiger partial charge < -0.3 is 5.11 Å². The van der Waals surface area contributed by atoms with Gasteiger partial charge in [-0.3, -0.25) is 0 Å². The molecule has 0 aromatic heterocycles. The van der Waals surface area contributed by atoms with Gasteiger partial charge in [-0.2, -0.15) is 0 Å². The first-order valence-electron chi connectivity index (χ1n) is 4.64. The van der Waals surface area contributed by atoms with E-state index in [9.17, 15) is 9.18 Å². The number of alkyl halides is 1. The quantitative estimate of drug-likeness (QED) is 0.803. The van der Waals surface area contributed by atoms with Gasteiger partial charge in [0, 0.05) is 10.1 Å². The maximum atomic E-state index is 13.2. The molecule has 0 saturated carbocycles. The third-order valence-corrected chi connectivity index (χ3v) is 2.74. The highest BCUT2D eigenvalue weighted by atomic mass is 32.2. The van der Waals surface area contributed by atoms with E-state index in [-0.39, 0.29) is 5.56 Å². The number of carbonyl (C=O) groups is 1. The van der Waals surface area contributed by atoms with Crippen LogP contribution < -0.4 is 0 Å². The summed E-state index contributed by atoms with van der Waals surface area (Å²) in [4.78, 5) is 11.3. The number of halogens is 1. The smallest absolute Gasteiger partial charge is 0.343 e. The van der Waals surface area contributed by atoms with Crippen LogP contribution in [0.1, 0.15) is 25.6 Å². The number of hydrogen-bond donors (Lipinski definition) is 1. The Morgan fingerprint density at radius 3 is 2.67 bits per heavy atom. The topological polar surface area (TPSA) is 37.3 Å². The van der Waals surface area contributed by atoms with Gasteiger partial charge >= 0.3 is 5.97 Å². The average molecular weight is 228 g/mol. The van der Waals surface area contributed by atoms with Crippen LogP contribution in [0.4, 0.5) is 4.39 Å². The summed E-state index contributed by atoms with van der Waals surface area (Å²) in [6.07, 6.45) is -1.93. The highest BCUT2D eigenvalue weighted by Crippen LogP contribution is 2.27. The van der Waals surface area contributed by atoms with Gasteiger partial charge in [-0.15, -0.1) is 11.8 Å². The Balaban J connectivity index is 2.87. The maximum Gasteiger partial charge on any atom is 0.343 e. The van der Waals surface area contributed by atoms with Crippen LogP contribution in [0.3, 0.4) is 0 Å². The Kier molecular flexibility index (Phi) is 4.15. The number of thioether (sulfide) groups is 1. The van der Waals surface area contributed by atoms with Crippen LogP contribution in [-0.4, -0.2) is 16.3 Å². The molecule has 0 aliphatic rings. The second kappa shape index (κ2) is 5.16. The lowest BCUT2D eigenvalue weighted by Crippen LogP contribution is -2.05. The molecule has 0 aliphatic heterocycles. The third-order valence-electron chi connectivity index (χ3n) is 1.74. The van der Waals surface area contributed by atoms with Gasteiger partial charge in [-0.25, -0.2) is 9.18 Å². The summed E-state index contributed by atoms with van der Waals surface area (Å²) in [6, 6.07) is 6.60. The SMILES string of the molecule is CC(C)Sc1cccc(C(F)C(=O)O)c1. The zero-order chi connectivity index (χ0) is 11.4. The molecule has 0 bridgehead atoms. The van der Waals surface area contributed by atoms with Crippen molar-refractivity contribution < 1.29 is 14.3 Å². The van der Waals surface area contributed by atoms with Gasteiger partial charge in [0.15, 0.2) is 0 Å². The highest BCUT2D eigenvalue weighted by Gasteiger charge is 2.18. The van der Waals surface area contributed by atoms with Gasteiger partial charge in [0.25, 0.3) is 0 Å². The van der Waals surface area contributed by atoms with E-state index in [0.29, 0.717) is 5.25 Å². The van der Waals surface area contributed by atoms with E-state index in [0.717, 1.165) is 4.90 Å². The Hall–Kier alpha value is -1.03. The monoisotopic (exact) mass is 228 g/mol. The molecule has 0 saturated heterocycles. The van der Waals surface area contributed by atoms with Crippen molar-refractivity contribution in [3.05, 3.63) is 29.8 Å². The van der Waals surface area contributed by atoms with Crippen molar-refractivity contribution in [2.24, 2.45) is 0 Å². The third kappa shape index (κ3) is 3.55. The molecule has 0 amide bonds. The molecule has 1 rings (SSSR count). The average Bonchev–Trinajstić information content (AvgIpc) is 2.16. The zero-order valence-electron chi connectivity index (χ0n) is 8.61. The van der Waals surface area contributed by atoms with Crippen LogP contribution in [-0.2, 0) is 4.79 Å². The van der Waals surface area contributed by atoms with Crippen molar-refractivity contribution >= 4 is 17.7 Å². The molecule has 1 N–H and O–H groups in total. The molecule has 0 aliphatic carbocycles. The summed E-state index contributed by atoms with van der Waals surface area (Å²) in [6.45, 7) is 4.06. The highest BCUT2D eigenvalue weighted by molar-refractivity contribution is 7.99. The number of carboxylic acid groups (broad SMARTS) is 1. The van der Waals surface area contributed by atoms with Crippen molar-refractivity contribution in [2.45, 2.75) is 30.2 Å². The summed E-state index contributed by atoms with van der Waals surface area (Å²) in [5.41, 5.74) is 0.202. The molecule has 82 valence electrons.